The molecular formula is C20H27NO5. The molecule has 2 heterocycles. The molecule has 2 aliphatic rings. The first kappa shape index (κ1) is 18.9. The molecule has 2 fully saturated rings. The summed E-state index contributed by atoms with van der Waals surface area (Å²) in [7, 11) is 0. The molecule has 0 radical (unpaired) electrons. The lowest BCUT2D eigenvalue weighted by Gasteiger charge is -2.36. The van der Waals surface area contributed by atoms with Gasteiger partial charge in [-0.25, -0.2) is 0 Å². The number of carbonyl (C=O) groups excluding carboxylic acids is 2. The van der Waals surface area contributed by atoms with E-state index >= 15 is 0 Å². The summed E-state index contributed by atoms with van der Waals surface area (Å²) in [6.45, 7) is 5.88. The Bertz CT molecular complexity index is 643. The van der Waals surface area contributed by atoms with Crippen molar-refractivity contribution in [2.75, 3.05) is 33.0 Å². The molecule has 1 aromatic rings. The molecule has 3 rings (SSSR count). The van der Waals surface area contributed by atoms with Gasteiger partial charge >= 0.3 is 5.97 Å². The molecule has 0 aliphatic carbocycles. The Morgan fingerprint density at radius 3 is 2.19 bits per heavy atom. The Labute approximate surface area is 154 Å². The maximum Gasteiger partial charge on any atom is 0.316 e. The predicted octanol–water partition coefficient (Wildman–Crippen LogP) is 2.05. The third-order valence-corrected chi connectivity index (χ3v) is 5.44. The van der Waals surface area contributed by atoms with Gasteiger partial charge in [0.2, 0.25) is 5.91 Å². The molecule has 0 bridgehead atoms. The second kappa shape index (κ2) is 7.76. The number of nitrogens with one attached hydrogen (secondary N) is 1. The zero-order chi connectivity index (χ0) is 18.6. The van der Waals surface area contributed by atoms with E-state index in [0.717, 1.165) is 17.5 Å². The predicted molar refractivity (Wildman–Crippen MR) is 95.7 cm³/mol. The molecule has 1 amide bonds. The van der Waals surface area contributed by atoms with Crippen LogP contribution in [0.5, 0.6) is 0 Å². The van der Waals surface area contributed by atoms with Crippen molar-refractivity contribution in [3.05, 3.63) is 35.4 Å². The van der Waals surface area contributed by atoms with Crippen LogP contribution in [0.15, 0.2) is 24.3 Å². The fourth-order valence-corrected chi connectivity index (χ4v) is 4.01. The molecule has 1 unspecified atom stereocenters. The lowest BCUT2D eigenvalue weighted by atomic mass is 9.73. The Morgan fingerprint density at radius 1 is 1.04 bits per heavy atom. The highest BCUT2D eigenvalue weighted by molar-refractivity contribution is 5.83. The molecule has 0 aromatic heterocycles. The van der Waals surface area contributed by atoms with Crippen LogP contribution in [-0.2, 0) is 34.8 Å². The van der Waals surface area contributed by atoms with Gasteiger partial charge in [0.05, 0.1) is 24.2 Å². The van der Waals surface area contributed by atoms with E-state index in [9.17, 15) is 9.59 Å². The van der Waals surface area contributed by atoms with E-state index in [4.69, 9.17) is 14.2 Å². The Hall–Kier alpha value is -1.92. The van der Waals surface area contributed by atoms with E-state index in [1.807, 2.05) is 31.2 Å². The van der Waals surface area contributed by atoms with E-state index in [0.29, 0.717) is 45.9 Å². The highest BCUT2D eigenvalue weighted by Gasteiger charge is 2.44. The summed E-state index contributed by atoms with van der Waals surface area (Å²) in [6, 6.07) is 7.96. The van der Waals surface area contributed by atoms with Crippen LogP contribution >= 0.6 is 0 Å². The Morgan fingerprint density at radius 2 is 1.65 bits per heavy atom. The maximum atomic E-state index is 12.7. The van der Waals surface area contributed by atoms with Crippen LogP contribution in [0.4, 0.5) is 0 Å². The van der Waals surface area contributed by atoms with E-state index in [1.165, 1.54) is 6.92 Å². The van der Waals surface area contributed by atoms with Crippen molar-refractivity contribution in [1.82, 2.24) is 5.32 Å². The molecule has 2 aliphatic heterocycles. The fraction of sp³-hybridized carbons (Fsp3) is 0.600. The number of amides is 1. The second-order valence-corrected chi connectivity index (χ2v) is 7.06. The summed E-state index contributed by atoms with van der Waals surface area (Å²) in [5, 5.41) is 3.05. The van der Waals surface area contributed by atoms with Crippen molar-refractivity contribution in [1.29, 1.82) is 0 Å². The third kappa shape index (κ3) is 3.48. The van der Waals surface area contributed by atoms with Gasteiger partial charge in [-0.1, -0.05) is 24.3 Å². The normalized spacial score (nSPS) is 24.8. The van der Waals surface area contributed by atoms with Crippen molar-refractivity contribution in [3.8, 4) is 0 Å². The van der Waals surface area contributed by atoms with Crippen molar-refractivity contribution in [3.63, 3.8) is 0 Å². The molecule has 0 saturated carbocycles. The zero-order valence-electron chi connectivity index (χ0n) is 15.5. The van der Waals surface area contributed by atoms with Crippen LogP contribution in [0.2, 0.25) is 0 Å². The van der Waals surface area contributed by atoms with Crippen LogP contribution in [0.3, 0.4) is 0 Å². The summed E-state index contributed by atoms with van der Waals surface area (Å²) in [6.07, 6.45) is 1.97. The number of ether oxygens (including phenoxy) is 3. The first-order chi connectivity index (χ1) is 12.5. The van der Waals surface area contributed by atoms with Crippen LogP contribution in [0.25, 0.3) is 0 Å². The van der Waals surface area contributed by atoms with Crippen LogP contribution in [0.1, 0.15) is 44.2 Å². The Balaban J connectivity index is 1.91. The molecule has 0 spiro atoms. The fourth-order valence-electron chi connectivity index (χ4n) is 4.01. The lowest BCUT2D eigenvalue weighted by molar-refractivity contribution is -0.154. The first-order valence-electron chi connectivity index (χ1n) is 9.25. The number of rotatable bonds is 5. The van der Waals surface area contributed by atoms with Crippen molar-refractivity contribution in [2.45, 2.75) is 44.1 Å². The number of carbonyl (C=O) groups is 2. The molecule has 1 atom stereocenters. The summed E-state index contributed by atoms with van der Waals surface area (Å²) in [5.74, 6) is -0.260. The van der Waals surface area contributed by atoms with Crippen molar-refractivity contribution in [2.24, 2.45) is 0 Å². The van der Waals surface area contributed by atoms with Crippen molar-refractivity contribution >= 4 is 11.9 Å². The van der Waals surface area contributed by atoms with Gasteiger partial charge in [-0.2, -0.15) is 0 Å². The zero-order valence-corrected chi connectivity index (χ0v) is 15.5. The van der Waals surface area contributed by atoms with E-state index in [-0.39, 0.29) is 11.9 Å². The highest BCUT2D eigenvalue weighted by atomic mass is 16.5. The minimum Gasteiger partial charge on any atom is -0.465 e. The monoisotopic (exact) mass is 361 g/mol. The number of hydrogen-bond donors (Lipinski definition) is 1. The van der Waals surface area contributed by atoms with Gasteiger partial charge in [0.25, 0.3) is 0 Å². The summed E-state index contributed by atoms with van der Waals surface area (Å²) >= 11 is 0. The number of hydrogen-bond acceptors (Lipinski definition) is 5. The van der Waals surface area contributed by atoms with E-state index in [1.54, 1.807) is 0 Å². The molecule has 6 nitrogen and oxygen atoms in total. The van der Waals surface area contributed by atoms with Gasteiger partial charge in [-0.3, -0.25) is 9.59 Å². The minimum absolute atomic E-state index is 0.0769. The third-order valence-electron chi connectivity index (χ3n) is 5.44. The topological polar surface area (TPSA) is 73.9 Å². The summed E-state index contributed by atoms with van der Waals surface area (Å²) in [5.41, 5.74) is 0.803. The Kier molecular flexibility index (Phi) is 5.63. The van der Waals surface area contributed by atoms with Crippen LogP contribution in [-0.4, -0.2) is 44.9 Å². The molecule has 2 saturated heterocycles. The quantitative estimate of drug-likeness (QED) is 0.813. The second-order valence-electron chi connectivity index (χ2n) is 7.06. The van der Waals surface area contributed by atoms with E-state index in [2.05, 4.69) is 5.32 Å². The smallest absolute Gasteiger partial charge is 0.316 e. The molecule has 6 heteroatoms. The van der Waals surface area contributed by atoms with Gasteiger partial charge in [0.15, 0.2) is 0 Å². The largest absolute Gasteiger partial charge is 0.465 e. The van der Waals surface area contributed by atoms with Crippen molar-refractivity contribution < 1.29 is 23.8 Å². The summed E-state index contributed by atoms with van der Waals surface area (Å²) < 4.78 is 16.4. The van der Waals surface area contributed by atoms with Gasteiger partial charge in [0, 0.05) is 33.2 Å². The van der Waals surface area contributed by atoms with Gasteiger partial charge in [0.1, 0.15) is 0 Å². The molecule has 142 valence electrons. The lowest BCUT2D eigenvalue weighted by Crippen LogP contribution is -2.46. The van der Waals surface area contributed by atoms with E-state index < -0.39 is 11.0 Å². The average molecular weight is 361 g/mol. The first-order valence-corrected chi connectivity index (χ1v) is 9.25. The maximum absolute atomic E-state index is 12.7. The van der Waals surface area contributed by atoms with Crippen LogP contribution in [0, 0.1) is 0 Å². The van der Waals surface area contributed by atoms with Gasteiger partial charge in [-0.05, 0) is 30.9 Å². The number of esters is 1. The minimum atomic E-state index is -0.653. The molecule has 1 aromatic carbocycles. The number of benzene rings is 1. The standard InChI is InChI=1S/C20H27NO5/c1-3-26-18(23)19(8-11-24-12-9-19)16-4-6-17(7-5-16)20(21-15(2)22)10-13-25-14-20/h4-7H,3,8-14H2,1-2H3,(H,21,22). The van der Waals surface area contributed by atoms with Gasteiger partial charge in [-0.15, -0.1) is 0 Å². The molecular weight excluding hydrogens is 334 g/mol. The summed E-state index contributed by atoms with van der Waals surface area (Å²) in [4.78, 5) is 24.4. The van der Waals surface area contributed by atoms with Gasteiger partial charge < -0.3 is 19.5 Å². The highest BCUT2D eigenvalue weighted by Crippen LogP contribution is 2.38. The SMILES string of the molecule is CCOC(=O)C1(c2ccc(C3(NC(C)=O)CCOC3)cc2)CCOCC1. The molecule has 1 N–H and O–H groups in total. The molecule has 26 heavy (non-hydrogen) atoms. The van der Waals surface area contributed by atoms with Crippen LogP contribution < -0.4 is 5.32 Å². The average Bonchev–Trinajstić information content (AvgIpc) is 3.11.